The molecule has 0 saturated carbocycles. The van der Waals surface area contributed by atoms with Gasteiger partial charge in [0, 0.05) is 5.56 Å². The summed E-state index contributed by atoms with van der Waals surface area (Å²) in [7, 11) is 0. The van der Waals surface area contributed by atoms with E-state index in [1.165, 1.54) is 0 Å². The van der Waals surface area contributed by atoms with Crippen molar-refractivity contribution >= 4 is 5.95 Å². The summed E-state index contributed by atoms with van der Waals surface area (Å²) in [6, 6.07) is 17.5. The highest BCUT2D eigenvalue weighted by Gasteiger charge is 2.08. The highest BCUT2D eigenvalue weighted by atomic mass is 19.1. The van der Waals surface area contributed by atoms with E-state index in [1.54, 1.807) is 0 Å². The first-order valence-electron chi connectivity index (χ1n) is 6.18. The van der Waals surface area contributed by atoms with Crippen LogP contribution < -0.4 is 5.73 Å². The predicted molar refractivity (Wildman–Crippen MR) is 77.3 cm³/mol. The average molecular weight is 265 g/mol. The Morgan fingerprint density at radius 2 is 1.40 bits per heavy atom. The topological polar surface area (TPSA) is 51.8 Å². The van der Waals surface area contributed by atoms with Gasteiger partial charge in [-0.25, -0.2) is 14.4 Å². The van der Waals surface area contributed by atoms with Crippen LogP contribution in [0, 0.1) is 5.82 Å². The molecule has 20 heavy (non-hydrogen) atoms. The molecule has 0 aliphatic carbocycles. The fourth-order valence-corrected chi connectivity index (χ4v) is 2.03. The van der Waals surface area contributed by atoms with Gasteiger partial charge in [-0.1, -0.05) is 54.6 Å². The first-order chi connectivity index (χ1) is 9.74. The van der Waals surface area contributed by atoms with Gasteiger partial charge in [-0.2, -0.15) is 0 Å². The Kier molecular flexibility index (Phi) is 3.13. The lowest BCUT2D eigenvalue weighted by Crippen LogP contribution is -1.98. The van der Waals surface area contributed by atoms with Gasteiger partial charge in [0.25, 0.3) is 0 Å². The highest BCUT2D eigenvalue weighted by Crippen LogP contribution is 2.25. The van der Waals surface area contributed by atoms with Crippen molar-refractivity contribution in [1.29, 1.82) is 0 Å². The van der Waals surface area contributed by atoms with E-state index in [1.807, 2.05) is 54.6 Å². The van der Waals surface area contributed by atoms with E-state index in [0.29, 0.717) is 5.56 Å². The summed E-state index contributed by atoms with van der Waals surface area (Å²) >= 11 is 0. The molecular formula is C16H12FN3. The van der Waals surface area contributed by atoms with E-state index in [4.69, 9.17) is 5.73 Å². The molecule has 0 aliphatic heterocycles. The van der Waals surface area contributed by atoms with Crippen LogP contribution in [0.25, 0.3) is 22.4 Å². The Hall–Kier alpha value is -2.75. The van der Waals surface area contributed by atoms with Crippen LogP contribution in [0.1, 0.15) is 0 Å². The molecule has 98 valence electrons. The maximum Gasteiger partial charge on any atom is 0.220 e. The summed E-state index contributed by atoms with van der Waals surface area (Å²) in [6.45, 7) is 0. The van der Waals surface area contributed by atoms with Gasteiger partial charge in [-0.15, -0.1) is 0 Å². The quantitative estimate of drug-likeness (QED) is 0.771. The molecule has 3 aromatic rings. The van der Waals surface area contributed by atoms with Crippen LogP contribution in [0.15, 0.2) is 60.8 Å². The van der Waals surface area contributed by atoms with E-state index >= 15 is 0 Å². The van der Waals surface area contributed by atoms with Crippen LogP contribution in [-0.2, 0) is 0 Å². The lowest BCUT2D eigenvalue weighted by Gasteiger charge is -2.05. The number of rotatable bonds is 2. The number of hydrogen-bond donors (Lipinski definition) is 1. The number of aromatic nitrogens is 2. The van der Waals surface area contributed by atoms with Gasteiger partial charge in [0.05, 0.1) is 6.20 Å². The third kappa shape index (κ3) is 2.36. The van der Waals surface area contributed by atoms with Crippen molar-refractivity contribution in [2.45, 2.75) is 0 Å². The van der Waals surface area contributed by atoms with Crippen molar-refractivity contribution in [3.63, 3.8) is 0 Å². The molecule has 4 heteroatoms. The maximum absolute atomic E-state index is 13.7. The van der Waals surface area contributed by atoms with Crippen molar-refractivity contribution in [3.8, 4) is 22.4 Å². The van der Waals surface area contributed by atoms with E-state index in [0.717, 1.165) is 17.3 Å². The predicted octanol–water partition coefficient (Wildman–Crippen LogP) is 3.53. The van der Waals surface area contributed by atoms with Crippen LogP contribution in [0.2, 0.25) is 0 Å². The fourth-order valence-electron chi connectivity index (χ4n) is 2.03. The van der Waals surface area contributed by atoms with E-state index in [2.05, 4.69) is 9.97 Å². The Balaban J connectivity index is 2.00. The van der Waals surface area contributed by atoms with Gasteiger partial charge in [0.15, 0.2) is 5.82 Å². The second kappa shape index (κ2) is 5.09. The van der Waals surface area contributed by atoms with Crippen LogP contribution in [0.3, 0.4) is 0 Å². The van der Waals surface area contributed by atoms with Gasteiger partial charge >= 0.3 is 0 Å². The standard InChI is InChI=1S/C16H12FN3/c17-14-10-19-16(18)20-15(14)13-8-6-12(7-9-13)11-4-2-1-3-5-11/h1-10H,(H2,18,19,20). The van der Waals surface area contributed by atoms with Crippen LogP contribution in [-0.4, -0.2) is 9.97 Å². The zero-order valence-corrected chi connectivity index (χ0v) is 10.6. The smallest absolute Gasteiger partial charge is 0.220 e. The normalized spacial score (nSPS) is 10.4. The number of anilines is 1. The second-order valence-electron chi connectivity index (χ2n) is 4.37. The van der Waals surface area contributed by atoms with E-state index in [9.17, 15) is 4.39 Å². The number of benzene rings is 2. The fraction of sp³-hybridized carbons (Fsp3) is 0. The summed E-state index contributed by atoms with van der Waals surface area (Å²) in [5.41, 5.74) is 8.57. The van der Waals surface area contributed by atoms with Gasteiger partial charge < -0.3 is 5.73 Å². The molecular weight excluding hydrogens is 253 g/mol. The van der Waals surface area contributed by atoms with Gasteiger partial charge in [-0.3, -0.25) is 0 Å². The van der Waals surface area contributed by atoms with Crippen LogP contribution >= 0.6 is 0 Å². The Morgan fingerprint density at radius 1 is 0.800 bits per heavy atom. The molecule has 0 fully saturated rings. The van der Waals surface area contributed by atoms with E-state index in [-0.39, 0.29) is 11.6 Å². The number of halogens is 1. The van der Waals surface area contributed by atoms with Crippen LogP contribution in [0.5, 0.6) is 0 Å². The average Bonchev–Trinajstić information content (AvgIpc) is 2.51. The van der Waals surface area contributed by atoms with Gasteiger partial charge in [0.1, 0.15) is 5.69 Å². The molecule has 1 heterocycles. The SMILES string of the molecule is Nc1ncc(F)c(-c2ccc(-c3ccccc3)cc2)n1. The number of hydrogen-bond acceptors (Lipinski definition) is 3. The molecule has 0 saturated heterocycles. The molecule has 0 aliphatic rings. The molecule has 0 spiro atoms. The second-order valence-corrected chi connectivity index (χ2v) is 4.37. The number of nitrogens with zero attached hydrogens (tertiary/aromatic N) is 2. The monoisotopic (exact) mass is 265 g/mol. The Bertz CT molecular complexity index is 724. The van der Waals surface area contributed by atoms with E-state index < -0.39 is 5.82 Å². The summed E-state index contributed by atoms with van der Waals surface area (Å²) in [5.74, 6) is -0.416. The van der Waals surface area contributed by atoms with Gasteiger partial charge in [0.2, 0.25) is 5.95 Å². The molecule has 0 atom stereocenters. The molecule has 3 rings (SSSR count). The Labute approximate surface area is 115 Å². The maximum atomic E-state index is 13.7. The zero-order valence-electron chi connectivity index (χ0n) is 10.6. The van der Waals surface area contributed by atoms with Crippen molar-refractivity contribution in [2.75, 3.05) is 5.73 Å². The summed E-state index contributed by atoms with van der Waals surface area (Å²) in [6.07, 6.45) is 1.09. The minimum absolute atomic E-state index is 0.0635. The first-order valence-corrected chi connectivity index (χ1v) is 6.18. The summed E-state index contributed by atoms with van der Waals surface area (Å²) in [4.78, 5) is 7.56. The molecule has 2 N–H and O–H groups in total. The Morgan fingerprint density at radius 3 is 2.10 bits per heavy atom. The van der Waals surface area contributed by atoms with Gasteiger partial charge in [-0.05, 0) is 11.1 Å². The molecule has 3 nitrogen and oxygen atoms in total. The third-order valence-corrected chi connectivity index (χ3v) is 3.03. The first kappa shape index (κ1) is 12.3. The molecule has 1 aromatic heterocycles. The lowest BCUT2D eigenvalue weighted by atomic mass is 10.0. The molecule has 0 radical (unpaired) electrons. The van der Waals surface area contributed by atoms with Crippen molar-refractivity contribution in [3.05, 3.63) is 66.6 Å². The molecule has 2 aromatic carbocycles. The highest BCUT2D eigenvalue weighted by molar-refractivity contribution is 5.69. The van der Waals surface area contributed by atoms with Crippen molar-refractivity contribution in [2.24, 2.45) is 0 Å². The lowest BCUT2D eigenvalue weighted by molar-refractivity contribution is 0.619. The molecule has 0 bridgehead atoms. The zero-order chi connectivity index (χ0) is 13.9. The third-order valence-electron chi connectivity index (χ3n) is 3.03. The largest absolute Gasteiger partial charge is 0.368 e. The van der Waals surface area contributed by atoms with Crippen LogP contribution in [0.4, 0.5) is 10.3 Å². The van der Waals surface area contributed by atoms with Crippen molar-refractivity contribution in [1.82, 2.24) is 9.97 Å². The summed E-state index contributed by atoms with van der Waals surface area (Å²) < 4.78 is 13.7. The molecule has 0 unspecified atom stereocenters. The minimum atomic E-state index is -0.480. The summed E-state index contributed by atoms with van der Waals surface area (Å²) in [5, 5.41) is 0. The van der Waals surface area contributed by atoms with Crippen molar-refractivity contribution < 1.29 is 4.39 Å². The minimum Gasteiger partial charge on any atom is -0.368 e. The molecule has 0 amide bonds. The number of nitrogen functional groups attached to an aromatic ring is 1. The number of nitrogens with two attached hydrogens (primary N) is 1.